The van der Waals surface area contributed by atoms with Gasteiger partial charge in [-0.3, -0.25) is 0 Å². The van der Waals surface area contributed by atoms with Gasteiger partial charge in [-0.1, -0.05) is 70.5 Å². The van der Waals surface area contributed by atoms with Crippen molar-refractivity contribution in [1.82, 2.24) is 0 Å². The van der Waals surface area contributed by atoms with Gasteiger partial charge in [0.25, 0.3) is 0 Å². The molecule has 0 radical (unpaired) electrons. The van der Waals surface area contributed by atoms with Crippen LogP contribution in [-0.2, 0) is 0 Å². The number of rotatable bonds is 2. The monoisotopic (exact) mass is 314 g/mol. The van der Waals surface area contributed by atoms with Gasteiger partial charge in [0.2, 0.25) is 0 Å². The van der Waals surface area contributed by atoms with Gasteiger partial charge < -0.3 is 0 Å². The van der Waals surface area contributed by atoms with Gasteiger partial charge in [0.1, 0.15) is 4.83 Å². The second-order valence-corrected chi connectivity index (χ2v) is 4.81. The highest BCUT2D eigenvalue weighted by atomic mass is 79.9. The maximum Gasteiger partial charge on any atom is 0.405 e. The molecule has 0 saturated carbocycles. The Morgan fingerprint density at radius 3 is 1.78 bits per heavy atom. The van der Waals surface area contributed by atoms with Crippen LogP contribution < -0.4 is 0 Å². The van der Waals surface area contributed by atoms with Crippen LogP contribution in [0.25, 0.3) is 11.1 Å². The smallest absolute Gasteiger partial charge is 0.169 e. The van der Waals surface area contributed by atoms with Crippen molar-refractivity contribution >= 4 is 15.9 Å². The predicted molar refractivity (Wildman–Crippen MR) is 69.6 cm³/mol. The fraction of sp³-hybridized carbons (Fsp3) is 0.143. The molecule has 0 aliphatic heterocycles. The predicted octanol–water partition coefficient (Wildman–Crippen LogP) is 5.35. The molecule has 2 aromatic carbocycles. The lowest BCUT2D eigenvalue weighted by Gasteiger charge is -2.14. The van der Waals surface area contributed by atoms with E-state index in [0.29, 0.717) is 0 Å². The first kappa shape index (κ1) is 13.1. The highest BCUT2D eigenvalue weighted by molar-refractivity contribution is 9.09. The number of hydrogen-bond donors (Lipinski definition) is 0. The molecule has 0 saturated heterocycles. The van der Waals surface area contributed by atoms with Crippen molar-refractivity contribution < 1.29 is 13.2 Å². The molecular formula is C14H10BrF3. The second-order valence-electron chi connectivity index (χ2n) is 3.89. The fourth-order valence-corrected chi connectivity index (χ4v) is 1.97. The lowest BCUT2D eigenvalue weighted by molar-refractivity contribution is -0.128. The zero-order valence-electron chi connectivity index (χ0n) is 9.29. The summed E-state index contributed by atoms with van der Waals surface area (Å²) in [5.74, 6) is 0. The van der Waals surface area contributed by atoms with Crippen LogP contribution in [0.3, 0.4) is 0 Å². The van der Waals surface area contributed by atoms with E-state index < -0.39 is 11.0 Å². The molecule has 1 atom stereocenters. The highest BCUT2D eigenvalue weighted by Crippen LogP contribution is 2.39. The van der Waals surface area contributed by atoms with Crippen molar-refractivity contribution in [2.24, 2.45) is 0 Å². The van der Waals surface area contributed by atoms with E-state index in [1.54, 1.807) is 12.1 Å². The molecule has 0 amide bonds. The van der Waals surface area contributed by atoms with Crippen LogP contribution in [0.1, 0.15) is 10.4 Å². The standard InChI is InChI=1S/C14H10BrF3/c15-13(14(16,17)18)12-8-6-11(7-9-12)10-4-2-1-3-5-10/h1-9,13H. The molecule has 0 aromatic heterocycles. The Morgan fingerprint density at radius 1 is 0.778 bits per heavy atom. The summed E-state index contributed by atoms with van der Waals surface area (Å²) in [5, 5.41) is 0. The van der Waals surface area contributed by atoms with Gasteiger partial charge in [0.15, 0.2) is 0 Å². The molecule has 2 rings (SSSR count). The maximum atomic E-state index is 12.5. The van der Waals surface area contributed by atoms with Crippen LogP contribution in [0.4, 0.5) is 13.2 Å². The molecule has 4 heteroatoms. The lowest BCUT2D eigenvalue weighted by Crippen LogP contribution is -2.14. The largest absolute Gasteiger partial charge is 0.405 e. The Kier molecular flexibility index (Phi) is 3.76. The normalized spacial score (nSPS) is 13.3. The molecule has 0 N–H and O–H groups in total. The average Bonchev–Trinajstić information content (AvgIpc) is 2.38. The van der Waals surface area contributed by atoms with Gasteiger partial charge in [-0.05, 0) is 16.7 Å². The quantitative estimate of drug-likeness (QED) is 0.655. The van der Waals surface area contributed by atoms with Crippen molar-refractivity contribution in [3.8, 4) is 11.1 Å². The van der Waals surface area contributed by atoms with E-state index in [9.17, 15) is 13.2 Å². The minimum absolute atomic E-state index is 0.210. The molecule has 0 nitrogen and oxygen atoms in total. The van der Waals surface area contributed by atoms with Crippen LogP contribution in [0.5, 0.6) is 0 Å². The first-order chi connectivity index (χ1) is 8.48. The summed E-state index contributed by atoms with van der Waals surface area (Å²) in [7, 11) is 0. The van der Waals surface area contributed by atoms with E-state index in [2.05, 4.69) is 15.9 Å². The molecule has 1 unspecified atom stereocenters. The molecule has 0 spiro atoms. The SMILES string of the molecule is FC(F)(F)C(Br)c1ccc(-c2ccccc2)cc1. The van der Waals surface area contributed by atoms with Gasteiger partial charge in [0.05, 0.1) is 0 Å². The maximum absolute atomic E-state index is 12.5. The van der Waals surface area contributed by atoms with Gasteiger partial charge in [0, 0.05) is 0 Å². The van der Waals surface area contributed by atoms with E-state index in [1.807, 2.05) is 30.3 Å². The lowest BCUT2D eigenvalue weighted by atomic mass is 10.0. The molecular weight excluding hydrogens is 305 g/mol. The van der Waals surface area contributed by atoms with Crippen molar-refractivity contribution in [2.75, 3.05) is 0 Å². The molecule has 0 bridgehead atoms. The van der Waals surface area contributed by atoms with E-state index in [4.69, 9.17) is 0 Å². The third kappa shape index (κ3) is 2.93. The summed E-state index contributed by atoms with van der Waals surface area (Å²) < 4.78 is 37.5. The van der Waals surface area contributed by atoms with Crippen molar-refractivity contribution in [2.45, 2.75) is 11.0 Å². The summed E-state index contributed by atoms with van der Waals surface area (Å²) in [6, 6.07) is 15.9. The van der Waals surface area contributed by atoms with Gasteiger partial charge in [-0.25, -0.2) is 0 Å². The van der Waals surface area contributed by atoms with Gasteiger partial charge in [-0.2, -0.15) is 13.2 Å². The van der Waals surface area contributed by atoms with E-state index in [-0.39, 0.29) is 5.56 Å². The molecule has 18 heavy (non-hydrogen) atoms. The van der Waals surface area contributed by atoms with Crippen molar-refractivity contribution in [1.29, 1.82) is 0 Å². The molecule has 0 aliphatic rings. The number of halogens is 4. The molecule has 0 aliphatic carbocycles. The Morgan fingerprint density at radius 2 is 1.28 bits per heavy atom. The first-order valence-electron chi connectivity index (χ1n) is 5.34. The Hall–Kier alpha value is -1.29. The van der Waals surface area contributed by atoms with Crippen LogP contribution in [-0.4, -0.2) is 6.18 Å². The molecule has 94 valence electrons. The zero-order chi connectivity index (χ0) is 13.2. The van der Waals surface area contributed by atoms with E-state index >= 15 is 0 Å². The van der Waals surface area contributed by atoms with Gasteiger partial charge in [-0.15, -0.1) is 0 Å². The summed E-state index contributed by atoms with van der Waals surface area (Å²) in [6.45, 7) is 0. The van der Waals surface area contributed by atoms with Crippen molar-refractivity contribution in [3.63, 3.8) is 0 Å². The Bertz CT molecular complexity index is 503. The van der Waals surface area contributed by atoms with Crippen LogP contribution in [0.15, 0.2) is 54.6 Å². The fourth-order valence-electron chi connectivity index (χ4n) is 1.66. The number of benzene rings is 2. The minimum atomic E-state index is -4.27. The summed E-state index contributed by atoms with van der Waals surface area (Å²) in [6.07, 6.45) is -4.27. The second kappa shape index (κ2) is 5.14. The Balaban J connectivity index is 2.26. The third-order valence-corrected chi connectivity index (χ3v) is 3.65. The number of hydrogen-bond acceptors (Lipinski definition) is 0. The minimum Gasteiger partial charge on any atom is -0.169 e. The summed E-state index contributed by atoms with van der Waals surface area (Å²) >= 11 is 2.66. The third-order valence-electron chi connectivity index (χ3n) is 2.60. The Labute approximate surface area is 112 Å². The highest BCUT2D eigenvalue weighted by Gasteiger charge is 2.38. The molecule has 0 fully saturated rings. The first-order valence-corrected chi connectivity index (χ1v) is 6.26. The van der Waals surface area contributed by atoms with E-state index in [0.717, 1.165) is 11.1 Å². The topological polar surface area (TPSA) is 0 Å². The van der Waals surface area contributed by atoms with Crippen LogP contribution >= 0.6 is 15.9 Å². The molecule has 0 heterocycles. The van der Waals surface area contributed by atoms with Gasteiger partial charge >= 0.3 is 6.18 Å². The molecule has 2 aromatic rings. The number of alkyl halides is 4. The zero-order valence-corrected chi connectivity index (χ0v) is 10.9. The van der Waals surface area contributed by atoms with Crippen LogP contribution in [0, 0.1) is 0 Å². The average molecular weight is 315 g/mol. The van der Waals surface area contributed by atoms with Crippen LogP contribution in [0.2, 0.25) is 0 Å². The summed E-state index contributed by atoms with van der Waals surface area (Å²) in [4.78, 5) is -1.62. The van der Waals surface area contributed by atoms with E-state index in [1.165, 1.54) is 12.1 Å². The van der Waals surface area contributed by atoms with Crippen molar-refractivity contribution in [3.05, 3.63) is 60.2 Å². The summed E-state index contributed by atoms with van der Waals surface area (Å²) in [5.41, 5.74) is 2.10.